The molecule has 192 valence electrons. The Balaban J connectivity index is 0.00000102. The summed E-state index contributed by atoms with van der Waals surface area (Å²) in [6, 6.07) is 16.2. The van der Waals surface area contributed by atoms with E-state index in [2.05, 4.69) is 20.0 Å². The van der Waals surface area contributed by atoms with E-state index in [1.165, 1.54) is 24.3 Å². The molecule has 0 aliphatic carbocycles. The van der Waals surface area contributed by atoms with Gasteiger partial charge in [0.2, 0.25) is 0 Å². The van der Waals surface area contributed by atoms with Gasteiger partial charge in [0.1, 0.15) is 22.7 Å². The third kappa shape index (κ3) is 5.17. The highest BCUT2D eigenvalue weighted by Crippen LogP contribution is 2.41. The van der Waals surface area contributed by atoms with Crippen LogP contribution in [0.25, 0.3) is 11.0 Å². The van der Waals surface area contributed by atoms with Crippen molar-refractivity contribution in [3.63, 3.8) is 0 Å². The van der Waals surface area contributed by atoms with E-state index in [4.69, 9.17) is 14.6 Å². The molecular weight excluding hydrogens is 493 g/mol. The van der Waals surface area contributed by atoms with Gasteiger partial charge in [-0.25, -0.2) is 4.98 Å². The third-order valence-electron chi connectivity index (χ3n) is 5.81. The van der Waals surface area contributed by atoms with Crippen LogP contribution >= 0.6 is 0 Å². The number of pyridine rings is 1. The van der Waals surface area contributed by atoms with Gasteiger partial charge >= 0.3 is 6.36 Å². The summed E-state index contributed by atoms with van der Waals surface area (Å²) in [7, 11) is 1.75. The highest BCUT2D eigenvalue weighted by Gasteiger charge is 2.43. The first kappa shape index (κ1) is 25.5. The summed E-state index contributed by atoms with van der Waals surface area (Å²) in [5.41, 5.74) is 1.31. The number of aromatic nitrogens is 3. The number of nitrogens with zero attached hydrogens (tertiary/aromatic N) is 3. The topological polar surface area (TPSA) is 116 Å². The molecule has 1 aliphatic heterocycles. The molecule has 0 saturated heterocycles. The molecule has 1 unspecified atom stereocenters. The largest absolute Gasteiger partial charge is 0.573 e. The SMILES string of the molecule is Cn1c(C(=O)NC2(c3ccc(OC(F)(F)F)cc3)CCOc3cccnc32)nc2ccccc21.O=CO. The van der Waals surface area contributed by atoms with Crippen LogP contribution in [-0.2, 0) is 17.4 Å². The molecule has 0 radical (unpaired) electrons. The van der Waals surface area contributed by atoms with Crippen molar-refractivity contribution in [1.29, 1.82) is 0 Å². The molecule has 2 aromatic heterocycles. The molecule has 0 fully saturated rings. The fraction of sp³-hybridized carbons (Fsp3) is 0.200. The summed E-state index contributed by atoms with van der Waals surface area (Å²) in [5.74, 6) is -0.134. The van der Waals surface area contributed by atoms with Crippen molar-refractivity contribution in [1.82, 2.24) is 19.9 Å². The van der Waals surface area contributed by atoms with Crippen molar-refractivity contribution >= 4 is 23.4 Å². The number of alkyl halides is 3. The van der Waals surface area contributed by atoms with Gasteiger partial charge in [0.15, 0.2) is 5.82 Å². The molecule has 4 aromatic rings. The second-order valence-electron chi connectivity index (χ2n) is 7.97. The van der Waals surface area contributed by atoms with Gasteiger partial charge in [-0.05, 0) is 42.0 Å². The minimum Gasteiger partial charge on any atom is -0.491 e. The van der Waals surface area contributed by atoms with Crippen LogP contribution in [0, 0.1) is 0 Å². The number of ether oxygens (including phenoxy) is 2. The van der Waals surface area contributed by atoms with E-state index in [0.29, 0.717) is 28.9 Å². The number of nitrogens with one attached hydrogen (secondary N) is 1. The number of para-hydroxylation sites is 2. The maximum atomic E-state index is 13.5. The Morgan fingerprint density at radius 2 is 1.86 bits per heavy atom. The van der Waals surface area contributed by atoms with Crippen molar-refractivity contribution in [3.8, 4) is 11.5 Å². The van der Waals surface area contributed by atoms with Gasteiger partial charge in [-0.3, -0.25) is 14.6 Å². The van der Waals surface area contributed by atoms with E-state index in [1.54, 1.807) is 29.9 Å². The molecule has 5 rings (SSSR count). The molecule has 2 aromatic carbocycles. The van der Waals surface area contributed by atoms with Gasteiger partial charge in [-0.15, -0.1) is 13.2 Å². The number of benzene rings is 2. The Hall–Kier alpha value is -4.61. The Bertz CT molecular complexity index is 1420. The Labute approximate surface area is 208 Å². The Morgan fingerprint density at radius 1 is 1.16 bits per heavy atom. The van der Waals surface area contributed by atoms with Crippen LogP contribution in [0.3, 0.4) is 0 Å². The van der Waals surface area contributed by atoms with Gasteiger partial charge in [0, 0.05) is 19.7 Å². The predicted molar refractivity (Wildman–Crippen MR) is 125 cm³/mol. The van der Waals surface area contributed by atoms with Crippen LogP contribution in [0.5, 0.6) is 11.5 Å². The van der Waals surface area contributed by atoms with E-state index in [-0.39, 0.29) is 24.7 Å². The summed E-state index contributed by atoms with van der Waals surface area (Å²) in [6.07, 6.45) is -2.92. The summed E-state index contributed by atoms with van der Waals surface area (Å²) in [6.45, 7) is 0.0162. The van der Waals surface area contributed by atoms with Gasteiger partial charge in [-0.1, -0.05) is 24.3 Å². The number of carbonyl (C=O) groups excluding carboxylic acids is 1. The van der Waals surface area contributed by atoms with Crippen LogP contribution in [0.1, 0.15) is 28.3 Å². The first-order valence-corrected chi connectivity index (χ1v) is 10.9. The number of halogens is 3. The quantitative estimate of drug-likeness (QED) is 0.395. The van der Waals surface area contributed by atoms with E-state index < -0.39 is 17.8 Å². The van der Waals surface area contributed by atoms with Gasteiger partial charge in [0.25, 0.3) is 12.4 Å². The second kappa shape index (κ2) is 10.2. The summed E-state index contributed by atoms with van der Waals surface area (Å²) >= 11 is 0. The number of carbonyl (C=O) groups is 2. The molecule has 9 nitrogen and oxygen atoms in total. The minimum atomic E-state index is -4.81. The van der Waals surface area contributed by atoms with E-state index in [1.807, 2.05) is 24.3 Å². The molecule has 0 bridgehead atoms. The van der Waals surface area contributed by atoms with Crippen molar-refractivity contribution in [3.05, 3.63) is 83.9 Å². The zero-order chi connectivity index (χ0) is 26.6. The molecule has 3 heterocycles. The Kier molecular flexibility index (Phi) is 7.00. The lowest BCUT2D eigenvalue weighted by atomic mass is 9.81. The van der Waals surface area contributed by atoms with Gasteiger partial charge < -0.3 is 24.5 Å². The first-order valence-electron chi connectivity index (χ1n) is 10.9. The lowest BCUT2D eigenvalue weighted by Gasteiger charge is -2.38. The Morgan fingerprint density at radius 3 is 2.54 bits per heavy atom. The average Bonchev–Trinajstić information content (AvgIpc) is 3.21. The van der Waals surface area contributed by atoms with Crippen molar-refractivity contribution in [2.75, 3.05) is 6.61 Å². The van der Waals surface area contributed by atoms with Crippen molar-refractivity contribution < 1.29 is 37.3 Å². The van der Waals surface area contributed by atoms with Crippen LogP contribution in [0.15, 0.2) is 66.9 Å². The number of aryl methyl sites for hydroxylation is 1. The van der Waals surface area contributed by atoms with E-state index in [9.17, 15) is 18.0 Å². The van der Waals surface area contributed by atoms with E-state index >= 15 is 0 Å². The molecule has 2 N–H and O–H groups in total. The second-order valence-corrected chi connectivity index (χ2v) is 7.97. The number of carboxylic acid groups (broad SMARTS) is 1. The number of hydrogen-bond donors (Lipinski definition) is 2. The fourth-order valence-electron chi connectivity index (χ4n) is 4.27. The lowest BCUT2D eigenvalue weighted by molar-refractivity contribution is -0.274. The van der Waals surface area contributed by atoms with E-state index in [0.717, 1.165) is 5.52 Å². The molecule has 12 heteroatoms. The zero-order valence-corrected chi connectivity index (χ0v) is 19.4. The average molecular weight is 514 g/mol. The maximum Gasteiger partial charge on any atom is 0.573 e. The molecule has 1 amide bonds. The van der Waals surface area contributed by atoms with Crippen LogP contribution in [0.4, 0.5) is 13.2 Å². The highest BCUT2D eigenvalue weighted by atomic mass is 19.4. The number of rotatable bonds is 4. The van der Waals surface area contributed by atoms with Gasteiger partial charge in [0.05, 0.1) is 17.6 Å². The molecule has 1 aliphatic rings. The van der Waals surface area contributed by atoms with Crippen molar-refractivity contribution in [2.24, 2.45) is 7.05 Å². The minimum absolute atomic E-state index is 0.196. The molecule has 1 atom stereocenters. The lowest BCUT2D eigenvalue weighted by Crippen LogP contribution is -2.50. The summed E-state index contributed by atoms with van der Waals surface area (Å²) in [5, 5.41) is 9.95. The normalized spacial score (nSPS) is 16.5. The van der Waals surface area contributed by atoms with Crippen LogP contribution in [-0.4, -0.2) is 45.0 Å². The number of imidazole rings is 1. The standard InChI is InChI=1S/C24H19F3N4O3.CH2O2/c1-31-18-6-3-2-5-17(18)29-21(31)22(32)30-23(12-14-33-19-7-4-13-28-20(19)23)15-8-10-16(11-9-15)34-24(25,26)27;2-1-3/h2-11,13H,12,14H2,1H3,(H,30,32);1H,(H,2,3). The van der Waals surface area contributed by atoms with Gasteiger partial charge in [-0.2, -0.15) is 0 Å². The smallest absolute Gasteiger partial charge is 0.491 e. The number of hydrogen-bond acceptors (Lipinski definition) is 6. The highest BCUT2D eigenvalue weighted by molar-refractivity contribution is 5.95. The third-order valence-corrected chi connectivity index (χ3v) is 5.81. The molecular formula is C25H21F3N4O5. The molecule has 0 spiro atoms. The molecule has 37 heavy (non-hydrogen) atoms. The van der Waals surface area contributed by atoms with Crippen molar-refractivity contribution in [2.45, 2.75) is 18.3 Å². The number of amides is 1. The fourth-order valence-corrected chi connectivity index (χ4v) is 4.27. The monoisotopic (exact) mass is 514 g/mol. The zero-order valence-electron chi connectivity index (χ0n) is 19.4. The predicted octanol–water partition coefficient (Wildman–Crippen LogP) is 4.02. The number of fused-ring (bicyclic) bond motifs is 2. The maximum absolute atomic E-state index is 13.5. The van der Waals surface area contributed by atoms with Crippen LogP contribution < -0.4 is 14.8 Å². The first-order chi connectivity index (χ1) is 17.7. The summed E-state index contributed by atoms with van der Waals surface area (Å²) in [4.78, 5) is 30.8. The summed E-state index contributed by atoms with van der Waals surface area (Å²) < 4.78 is 49.4. The van der Waals surface area contributed by atoms with Crippen LogP contribution in [0.2, 0.25) is 0 Å². The molecule has 0 saturated carbocycles.